The molecule has 3 rings (SSSR count). The second-order valence-electron chi connectivity index (χ2n) is 5.77. The molecular weight excluding hydrogens is 320 g/mol. The fraction of sp³-hybridized carbons (Fsp3) is 0.316. The number of Topliss-reactive ketones (excluding diaryl/α,β-unsaturated/α-hetero) is 1. The topological polar surface area (TPSA) is 77.5 Å². The molecule has 2 aromatic rings. The minimum atomic E-state index is -0.0705. The number of pyridine rings is 1. The van der Waals surface area contributed by atoms with Crippen LogP contribution in [0.25, 0.3) is 0 Å². The lowest BCUT2D eigenvalue weighted by molar-refractivity contribution is -0.121. The quantitative estimate of drug-likeness (QED) is 0.784. The lowest BCUT2D eigenvalue weighted by atomic mass is 10.0. The molecule has 0 saturated heterocycles. The largest absolute Gasteiger partial charge is 0.486 e. The van der Waals surface area contributed by atoms with Gasteiger partial charge in [0.2, 0.25) is 5.91 Å². The van der Waals surface area contributed by atoms with Crippen molar-refractivity contribution in [2.75, 3.05) is 13.2 Å². The molecule has 6 heteroatoms. The van der Waals surface area contributed by atoms with E-state index in [1.807, 2.05) is 12.1 Å². The van der Waals surface area contributed by atoms with Gasteiger partial charge in [0.05, 0.1) is 0 Å². The Morgan fingerprint density at radius 2 is 1.92 bits per heavy atom. The monoisotopic (exact) mass is 340 g/mol. The number of ketones is 1. The summed E-state index contributed by atoms with van der Waals surface area (Å²) >= 11 is 0. The van der Waals surface area contributed by atoms with Gasteiger partial charge >= 0.3 is 0 Å². The van der Waals surface area contributed by atoms with Crippen molar-refractivity contribution in [3.05, 3.63) is 53.9 Å². The van der Waals surface area contributed by atoms with Crippen molar-refractivity contribution in [2.24, 2.45) is 0 Å². The number of carbonyl (C=O) groups excluding carboxylic acids is 2. The zero-order valence-corrected chi connectivity index (χ0v) is 13.9. The first-order valence-electron chi connectivity index (χ1n) is 8.31. The Bertz CT molecular complexity index is 746. The van der Waals surface area contributed by atoms with Gasteiger partial charge in [-0.1, -0.05) is 6.07 Å². The molecule has 0 unspecified atom stereocenters. The summed E-state index contributed by atoms with van der Waals surface area (Å²) in [6.45, 7) is 1.46. The molecule has 1 aliphatic rings. The summed E-state index contributed by atoms with van der Waals surface area (Å²) in [5.41, 5.74) is 1.53. The third-order valence-electron chi connectivity index (χ3n) is 3.88. The van der Waals surface area contributed by atoms with Crippen molar-refractivity contribution < 1.29 is 19.1 Å². The van der Waals surface area contributed by atoms with Gasteiger partial charge in [0.25, 0.3) is 0 Å². The van der Waals surface area contributed by atoms with Crippen LogP contribution in [0.4, 0.5) is 0 Å². The second-order valence-corrected chi connectivity index (χ2v) is 5.77. The van der Waals surface area contributed by atoms with E-state index in [0.29, 0.717) is 56.1 Å². The predicted molar refractivity (Wildman–Crippen MR) is 91.7 cm³/mol. The smallest absolute Gasteiger partial charge is 0.220 e. The molecule has 0 spiro atoms. The summed E-state index contributed by atoms with van der Waals surface area (Å²) in [5.74, 6) is 1.19. The number of nitrogens with zero attached hydrogens (tertiary/aromatic N) is 1. The second kappa shape index (κ2) is 8.28. The minimum absolute atomic E-state index is 0.00275. The fourth-order valence-corrected chi connectivity index (χ4v) is 2.56. The summed E-state index contributed by atoms with van der Waals surface area (Å²) in [6, 6.07) is 8.92. The third kappa shape index (κ3) is 4.79. The maximum Gasteiger partial charge on any atom is 0.220 e. The number of ether oxygens (including phenoxy) is 2. The van der Waals surface area contributed by atoms with Crippen molar-refractivity contribution in [2.45, 2.75) is 25.8 Å². The standard InChI is InChI=1S/C19H20N2O4/c22-16(15-6-7-17-18(11-15)25-10-9-24-17)4-1-5-19(23)21-13-14-3-2-8-20-12-14/h2-3,6-8,11-12H,1,4-5,9-10,13H2,(H,21,23). The van der Waals surface area contributed by atoms with Crippen LogP contribution in [-0.2, 0) is 11.3 Å². The van der Waals surface area contributed by atoms with Crippen LogP contribution in [-0.4, -0.2) is 29.9 Å². The first kappa shape index (κ1) is 17.0. The van der Waals surface area contributed by atoms with Crippen molar-refractivity contribution in [1.82, 2.24) is 10.3 Å². The number of amides is 1. The van der Waals surface area contributed by atoms with Gasteiger partial charge in [-0.05, 0) is 36.2 Å². The van der Waals surface area contributed by atoms with E-state index in [1.165, 1.54) is 0 Å². The van der Waals surface area contributed by atoms with E-state index in [4.69, 9.17) is 9.47 Å². The summed E-state index contributed by atoms with van der Waals surface area (Å²) in [4.78, 5) is 28.1. The van der Waals surface area contributed by atoms with E-state index in [9.17, 15) is 9.59 Å². The lowest BCUT2D eigenvalue weighted by Crippen LogP contribution is -2.22. The number of hydrogen-bond acceptors (Lipinski definition) is 5. The molecule has 1 aromatic heterocycles. The highest BCUT2D eigenvalue weighted by molar-refractivity contribution is 5.96. The lowest BCUT2D eigenvalue weighted by Gasteiger charge is -2.18. The zero-order valence-electron chi connectivity index (χ0n) is 13.9. The Labute approximate surface area is 146 Å². The molecule has 130 valence electrons. The number of hydrogen-bond donors (Lipinski definition) is 1. The molecule has 1 amide bonds. The van der Waals surface area contributed by atoms with E-state index < -0.39 is 0 Å². The summed E-state index contributed by atoms with van der Waals surface area (Å²) in [7, 11) is 0. The van der Waals surface area contributed by atoms with Crippen LogP contribution in [0.1, 0.15) is 35.2 Å². The normalized spacial score (nSPS) is 12.5. The number of nitrogens with one attached hydrogen (secondary N) is 1. The van der Waals surface area contributed by atoms with Crippen LogP contribution >= 0.6 is 0 Å². The van der Waals surface area contributed by atoms with E-state index in [0.717, 1.165) is 5.56 Å². The zero-order chi connectivity index (χ0) is 17.5. The molecule has 0 saturated carbocycles. The molecule has 1 aromatic carbocycles. The SMILES string of the molecule is O=C(CCCC(=O)c1ccc2c(c1)OCCO2)NCc1cccnc1. The number of benzene rings is 1. The molecule has 0 atom stereocenters. The Morgan fingerprint density at radius 1 is 1.08 bits per heavy atom. The number of carbonyl (C=O) groups is 2. The first-order chi connectivity index (χ1) is 12.2. The molecule has 0 fully saturated rings. The van der Waals surface area contributed by atoms with Crippen LogP contribution in [0.5, 0.6) is 11.5 Å². The van der Waals surface area contributed by atoms with Gasteiger partial charge in [0.15, 0.2) is 17.3 Å². The van der Waals surface area contributed by atoms with Crippen LogP contribution in [0.3, 0.4) is 0 Å². The van der Waals surface area contributed by atoms with E-state index >= 15 is 0 Å². The third-order valence-corrected chi connectivity index (χ3v) is 3.88. The van der Waals surface area contributed by atoms with Gasteiger partial charge in [-0.2, -0.15) is 0 Å². The number of rotatable bonds is 7. The Hall–Kier alpha value is -2.89. The molecule has 0 radical (unpaired) electrons. The highest BCUT2D eigenvalue weighted by Crippen LogP contribution is 2.31. The van der Waals surface area contributed by atoms with Crippen molar-refractivity contribution >= 4 is 11.7 Å². The highest BCUT2D eigenvalue weighted by atomic mass is 16.6. The molecule has 2 heterocycles. The fourth-order valence-electron chi connectivity index (χ4n) is 2.56. The highest BCUT2D eigenvalue weighted by Gasteiger charge is 2.15. The van der Waals surface area contributed by atoms with Crippen LogP contribution in [0.2, 0.25) is 0 Å². The molecule has 0 bridgehead atoms. The van der Waals surface area contributed by atoms with Gasteiger partial charge in [0, 0.05) is 37.3 Å². The van der Waals surface area contributed by atoms with Gasteiger partial charge in [-0.3, -0.25) is 14.6 Å². The number of fused-ring (bicyclic) bond motifs is 1. The van der Waals surface area contributed by atoms with Gasteiger partial charge in [0.1, 0.15) is 13.2 Å². The van der Waals surface area contributed by atoms with Crippen LogP contribution < -0.4 is 14.8 Å². The molecule has 0 aliphatic carbocycles. The molecule has 1 aliphatic heterocycles. The maximum absolute atomic E-state index is 12.3. The van der Waals surface area contributed by atoms with E-state index in [-0.39, 0.29) is 11.7 Å². The van der Waals surface area contributed by atoms with Crippen molar-refractivity contribution in [1.29, 1.82) is 0 Å². The summed E-state index contributed by atoms with van der Waals surface area (Å²) < 4.78 is 10.9. The Kier molecular flexibility index (Phi) is 5.61. The average Bonchev–Trinajstić information content (AvgIpc) is 2.66. The summed E-state index contributed by atoms with van der Waals surface area (Å²) in [5, 5.41) is 2.83. The van der Waals surface area contributed by atoms with Crippen molar-refractivity contribution in [3.63, 3.8) is 0 Å². The maximum atomic E-state index is 12.3. The van der Waals surface area contributed by atoms with Crippen LogP contribution in [0.15, 0.2) is 42.7 Å². The van der Waals surface area contributed by atoms with Gasteiger partial charge in [-0.15, -0.1) is 0 Å². The van der Waals surface area contributed by atoms with Crippen LogP contribution in [0, 0.1) is 0 Å². The van der Waals surface area contributed by atoms with E-state index in [2.05, 4.69) is 10.3 Å². The van der Waals surface area contributed by atoms with Gasteiger partial charge in [-0.25, -0.2) is 0 Å². The van der Waals surface area contributed by atoms with Gasteiger partial charge < -0.3 is 14.8 Å². The summed E-state index contributed by atoms with van der Waals surface area (Å²) in [6.07, 6.45) is 4.54. The average molecular weight is 340 g/mol. The first-order valence-corrected chi connectivity index (χ1v) is 8.31. The van der Waals surface area contributed by atoms with E-state index in [1.54, 1.807) is 30.6 Å². The minimum Gasteiger partial charge on any atom is -0.486 e. The molecular formula is C19H20N2O4. The Morgan fingerprint density at radius 3 is 2.72 bits per heavy atom. The molecule has 6 nitrogen and oxygen atoms in total. The molecule has 1 N–H and O–H groups in total. The number of aromatic nitrogens is 1. The Balaban J connectivity index is 1.42. The predicted octanol–water partition coefficient (Wildman–Crippen LogP) is 2.52. The molecule has 25 heavy (non-hydrogen) atoms. The van der Waals surface area contributed by atoms with Crippen molar-refractivity contribution in [3.8, 4) is 11.5 Å².